The van der Waals surface area contributed by atoms with Crippen LogP contribution in [0.5, 0.6) is 0 Å². The van der Waals surface area contributed by atoms with Crippen molar-refractivity contribution in [3.63, 3.8) is 0 Å². The molecule has 1 saturated heterocycles. The van der Waals surface area contributed by atoms with Gasteiger partial charge in [0.1, 0.15) is 5.82 Å². The molecule has 1 aliphatic rings. The van der Waals surface area contributed by atoms with Gasteiger partial charge in [0, 0.05) is 6.54 Å². The lowest BCUT2D eigenvalue weighted by atomic mass is 10.0. The van der Waals surface area contributed by atoms with Gasteiger partial charge in [-0.3, -0.25) is 4.79 Å². The van der Waals surface area contributed by atoms with E-state index in [2.05, 4.69) is 5.32 Å². The molecule has 0 unspecified atom stereocenters. The number of hydrogen-bond donors (Lipinski definition) is 1. The largest absolute Gasteiger partial charge is 0.308 e. The molecule has 0 saturated carbocycles. The molecule has 4 heteroatoms. The molecule has 1 N–H and O–H groups in total. The Bertz CT molecular complexity index is 445. The van der Waals surface area contributed by atoms with Crippen LogP contribution in [0.2, 0.25) is 0 Å². The van der Waals surface area contributed by atoms with Gasteiger partial charge in [-0.15, -0.1) is 0 Å². The zero-order valence-corrected chi connectivity index (χ0v) is 10.9. The smallest absolute Gasteiger partial charge is 0.246 e. The van der Waals surface area contributed by atoms with Crippen molar-refractivity contribution in [2.45, 2.75) is 32.2 Å². The molecule has 0 atom stereocenters. The molecular formula is C14H19FN2O. The molecule has 1 amide bonds. The zero-order valence-electron chi connectivity index (χ0n) is 10.9. The van der Waals surface area contributed by atoms with Crippen molar-refractivity contribution in [1.82, 2.24) is 5.32 Å². The summed E-state index contributed by atoms with van der Waals surface area (Å²) in [7, 11) is 0. The van der Waals surface area contributed by atoms with Gasteiger partial charge in [-0.25, -0.2) is 4.39 Å². The summed E-state index contributed by atoms with van der Waals surface area (Å²) >= 11 is 0. The van der Waals surface area contributed by atoms with Crippen molar-refractivity contribution < 1.29 is 9.18 Å². The fourth-order valence-corrected chi connectivity index (χ4v) is 2.21. The molecule has 3 nitrogen and oxygen atoms in total. The summed E-state index contributed by atoms with van der Waals surface area (Å²) in [5.41, 5.74) is -0.276. The Labute approximate surface area is 107 Å². The van der Waals surface area contributed by atoms with Crippen molar-refractivity contribution in [1.29, 1.82) is 0 Å². The number of halogens is 1. The normalized spacial score (nSPS) is 20.4. The number of carbonyl (C=O) groups excluding carboxylic acids is 1. The summed E-state index contributed by atoms with van der Waals surface area (Å²) in [6, 6.07) is 6.44. The summed E-state index contributed by atoms with van der Waals surface area (Å²) in [6.07, 6.45) is 1.87. The maximum absolute atomic E-state index is 13.8. The Hall–Kier alpha value is -1.42. The first kappa shape index (κ1) is 13.0. The second-order valence-electron chi connectivity index (χ2n) is 5.17. The molecule has 1 aromatic rings. The minimum absolute atomic E-state index is 0.0766. The molecule has 98 valence electrons. The van der Waals surface area contributed by atoms with E-state index in [1.165, 1.54) is 6.07 Å². The van der Waals surface area contributed by atoms with E-state index in [-0.39, 0.29) is 11.7 Å². The molecule has 0 aromatic heterocycles. The van der Waals surface area contributed by atoms with E-state index in [9.17, 15) is 9.18 Å². The molecule has 0 bridgehead atoms. The molecule has 18 heavy (non-hydrogen) atoms. The highest BCUT2D eigenvalue weighted by Crippen LogP contribution is 2.23. The maximum Gasteiger partial charge on any atom is 0.246 e. The third-order valence-corrected chi connectivity index (χ3v) is 3.30. The Morgan fingerprint density at radius 3 is 2.72 bits per heavy atom. The lowest BCUT2D eigenvalue weighted by Gasteiger charge is -2.35. The summed E-state index contributed by atoms with van der Waals surface area (Å²) in [4.78, 5) is 14.0. The fourth-order valence-electron chi connectivity index (χ4n) is 2.21. The second kappa shape index (κ2) is 5.06. The third-order valence-electron chi connectivity index (χ3n) is 3.30. The Morgan fingerprint density at radius 1 is 1.28 bits per heavy atom. The van der Waals surface area contributed by atoms with Crippen molar-refractivity contribution in [3.05, 3.63) is 30.1 Å². The molecule has 1 aromatic carbocycles. The van der Waals surface area contributed by atoms with Gasteiger partial charge in [-0.2, -0.15) is 0 Å². The minimum atomic E-state index is -0.650. The number of amides is 1. The van der Waals surface area contributed by atoms with Gasteiger partial charge in [0.25, 0.3) is 0 Å². The summed E-state index contributed by atoms with van der Waals surface area (Å²) in [5, 5.41) is 3.22. The highest BCUT2D eigenvalue weighted by molar-refractivity contribution is 5.99. The van der Waals surface area contributed by atoms with E-state index >= 15 is 0 Å². The van der Waals surface area contributed by atoms with Gasteiger partial charge in [-0.1, -0.05) is 12.1 Å². The van der Waals surface area contributed by atoms with Crippen LogP contribution in [-0.4, -0.2) is 24.5 Å². The van der Waals surface area contributed by atoms with Crippen molar-refractivity contribution >= 4 is 11.6 Å². The summed E-state index contributed by atoms with van der Waals surface area (Å²) in [6.45, 7) is 5.08. The molecule has 1 heterocycles. The summed E-state index contributed by atoms with van der Waals surface area (Å²) in [5.74, 6) is -0.422. The van der Waals surface area contributed by atoms with Crippen LogP contribution in [0.15, 0.2) is 24.3 Å². The monoisotopic (exact) mass is 250 g/mol. The molecule has 0 spiro atoms. The van der Waals surface area contributed by atoms with Crippen LogP contribution < -0.4 is 10.2 Å². The molecule has 1 aliphatic heterocycles. The van der Waals surface area contributed by atoms with Crippen LogP contribution in [0.3, 0.4) is 0 Å². The van der Waals surface area contributed by atoms with Crippen LogP contribution in [0.1, 0.15) is 26.7 Å². The number of benzene rings is 1. The Morgan fingerprint density at radius 2 is 2.00 bits per heavy atom. The van der Waals surface area contributed by atoms with Gasteiger partial charge in [-0.05, 0) is 45.4 Å². The highest BCUT2D eigenvalue weighted by atomic mass is 19.1. The Balaban J connectivity index is 2.34. The first-order chi connectivity index (χ1) is 8.52. The predicted molar refractivity (Wildman–Crippen MR) is 70.1 cm³/mol. The van der Waals surface area contributed by atoms with Crippen LogP contribution in [0.4, 0.5) is 10.1 Å². The van der Waals surface area contributed by atoms with Crippen molar-refractivity contribution in [2.75, 3.05) is 18.0 Å². The van der Waals surface area contributed by atoms with E-state index in [1.807, 2.05) is 13.8 Å². The minimum Gasteiger partial charge on any atom is -0.308 e. The quantitative estimate of drug-likeness (QED) is 0.829. The second-order valence-corrected chi connectivity index (χ2v) is 5.17. The zero-order chi connectivity index (χ0) is 13.2. The van der Waals surface area contributed by atoms with E-state index in [0.717, 1.165) is 19.4 Å². The third kappa shape index (κ3) is 2.53. The van der Waals surface area contributed by atoms with Crippen molar-refractivity contribution in [3.8, 4) is 0 Å². The average Bonchev–Trinajstić information content (AvgIpc) is 2.33. The van der Waals surface area contributed by atoms with E-state index in [4.69, 9.17) is 0 Å². The topological polar surface area (TPSA) is 32.3 Å². The first-order valence-corrected chi connectivity index (χ1v) is 6.34. The lowest BCUT2D eigenvalue weighted by molar-refractivity contribution is -0.124. The van der Waals surface area contributed by atoms with E-state index in [1.54, 1.807) is 23.1 Å². The Kier molecular flexibility index (Phi) is 3.66. The van der Waals surface area contributed by atoms with Gasteiger partial charge < -0.3 is 10.2 Å². The predicted octanol–water partition coefficient (Wildman–Crippen LogP) is 2.32. The van der Waals surface area contributed by atoms with Crippen molar-refractivity contribution in [2.24, 2.45) is 0 Å². The standard InChI is InChI=1S/C14H19FN2O/c1-14(2)13(18)17(10-6-5-9-16-14)12-8-4-3-7-11(12)15/h3-4,7-8,16H,5-6,9-10H2,1-2H3. The van der Waals surface area contributed by atoms with Gasteiger partial charge in [0.15, 0.2) is 0 Å². The molecule has 2 rings (SSSR count). The number of nitrogens with zero attached hydrogens (tertiary/aromatic N) is 1. The average molecular weight is 250 g/mol. The van der Waals surface area contributed by atoms with E-state index in [0.29, 0.717) is 12.2 Å². The number of hydrogen-bond acceptors (Lipinski definition) is 2. The number of carbonyl (C=O) groups is 1. The molecule has 0 aliphatic carbocycles. The molecule has 0 radical (unpaired) electrons. The van der Waals surface area contributed by atoms with Crippen LogP contribution in [-0.2, 0) is 4.79 Å². The molecular weight excluding hydrogens is 231 g/mol. The van der Waals surface area contributed by atoms with Crippen LogP contribution in [0, 0.1) is 5.82 Å². The van der Waals surface area contributed by atoms with Gasteiger partial charge in [0.05, 0.1) is 11.2 Å². The highest BCUT2D eigenvalue weighted by Gasteiger charge is 2.34. The van der Waals surface area contributed by atoms with Gasteiger partial charge in [0.2, 0.25) is 5.91 Å². The van der Waals surface area contributed by atoms with Crippen LogP contribution in [0.25, 0.3) is 0 Å². The SMILES string of the molecule is CC1(C)NCCCCN(c2ccccc2F)C1=O. The maximum atomic E-state index is 13.8. The van der Waals surface area contributed by atoms with Gasteiger partial charge >= 0.3 is 0 Å². The number of anilines is 1. The van der Waals surface area contributed by atoms with Crippen LogP contribution >= 0.6 is 0 Å². The first-order valence-electron chi connectivity index (χ1n) is 6.34. The number of para-hydroxylation sites is 1. The summed E-state index contributed by atoms with van der Waals surface area (Å²) < 4.78 is 13.8. The lowest BCUT2D eigenvalue weighted by Crippen LogP contribution is -2.56. The van der Waals surface area contributed by atoms with E-state index < -0.39 is 5.54 Å². The fraction of sp³-hybridized carbons (Fsp3) is 0.500. The number of rotatable bonds is 1. The molecule has 1 fully saturated rings. The number of nitrogens with one attached hydrogen (secondary N) is 1.